The molecule has 2 heteroatoms. The molecule has 0 fully saturated rings. The van der Waals surface area contributed by atoms with E-state index < -0.39 is 4.49 Å². The zero-order valence-electron chi connectivity index (χ0n) is 9.13. The fraction of sp³-hybridized carbons (Fsp3) is 1.00. The van der Waals surface area contributed by atoms with Crippen LogP contribution in [0.25, 0.3) is 0 Å². The van der Waals surface area contributed by atoms with Crippen LogP contribution in [-0.4, -0.2) is 38.7 Å². The summed E-state index contributed by atoms with van der Waals surface area (Å²) in [5, 5.41) is 0. The fourth-order valence-corrected chi connectivity index (χ4v) is 5.66. The first-order chi connectivity index (χ1) is 5.45. The molecule has 0 aromatic rings. The first-order valence-electron chi connectivity index (χ1n) is 5.03. The molecule has 0 N–H and O–H groups in total. The third-order valence-corrected chi connectivity index (χ3v) is 15.9. The Hall–Kier alpha value is 1.22. The van der Waals surface area contributed by atoms with E-state index in [1.165, 1.54) is 19.0 Å². The third-order valence-electron chi connectivity index (χ3n) is 2.61. The second kappa shape index (κ2) is 5.85. The molecule has 0 nitrogen and oxygen atoms in total. The molecule has 0 aliphatic heterocycles. The summed E-state index contributed by atoms with van der Waals surface area (Å²) in [5.74, 6) is 0. The van der Waals surface area contributed by atoms with Crippen LogP contribution in [0.4, 0.5) is 0 Å². The van der Waals surface area contributed by atoms with Gasteiger partial charge in [0.15, 0.2) is 0 Å². The Labute approximate surface area is 90.5 Å². The summed E-state index contributed by atoms with van der Waals surface area (Å²) >= 11 is 2.48. The van der Waals surface area contributed by atoms with Crippen molar-refractivity contribution < 1.29 is 0 Å². The Kier molecular flexibility index (Phi) is 6.44. The zero-order valence-corrected chi connectivity index (χ0v) is 12.4. The molecule has 0 saturated carbocycles. The maximum absolute atomic E-state index is 2.48. The van der Waals surface area contributed by atoms with Crippen molar-refractivity contribution in [1.82, 2.24) is 0 Å². The molecule has 0 bridgehead atoms. The molecule has 0 radical (unpaired) electrons. The molecule has 0 aliphatic carbocycles. The summed E-state index contributed by atoms with van der Waals surface area (Å²) in [6, 6.07) is 0. The standard InChI is InChI=1S/C10H23PTe/c1-6-7-8-11(12,9(2)3)10(4)5/h9-10H,6-8H2,1-5H3. The average molecular weight is 302 g/mol. The number of rotatable bonds is 5. The van der Waals surface area contributed by atoms with Gasteiger partial charge in [-0.3, -0.25) is 0 Å². The van der Waals surface area contributed by atoms with Crippen molar-refractivity contribution in [2.75, 3.05) is 6.16 Å². The van der Waals surface area contributed by atoms with E-state index in [4.69, 9.17) is 0 Å². The van der Waals surface area contributed by atoms with Gasteiger partial charge in [-0.25, -0.2) is 0 Å². The van der Waals surface area contributed by atoms with Gasteiger partial charge in [-0.2, -0.15) is 0 Å². The normalized spacial score (nSPS) is 12.9. The third kappa shape index (κ3) is 3.53. The van der Waals surface area contributed by atoms with E-state index in [0.29, 0.717) is 0 Å². The van der Waals surface area contributed by atoms with E-state index in [2.05, 4.69) is 55.9 Å². The van der Waals surface area contributed by atoms with Gasteiger partial charge in [0.25, 0.3) is 0 Å². The van der Waals surface area contributed by atoms with Crippen molar-refractivity contribution >= 4 is 25.7 Å². The second-order valence-corrected chi connectivity index (χ2v) is 14.2. The summed E-state index contributed by atoms with van der Waals surface area (Å²) in [6.07, 6.45) is 4.29. The van der Waals surface area contributed by atoms with Gasteiger partial charge >= 0.3 is 90.7 Å². The molecule has 0 aromatic heterocycles. The topological polar surface area (TPSA) is 0 Å². The van der Waals surface area contributed by atoms with Crippen LogP contribution < -0.4 is 0 Å². The number of hydrogen-bond donors (Lipinski definition) is 0. The first-order valence-corrected chi connectivity index (χ1v) is 10.2. The van der Waals surface area contributed by atoms with Crippen molar-refractivity contribution in [3.05, 3.63) is 0 Å². The Bertz CT molecular complexity index is 149. The summed E-state index contributed by atoms with van der Waals surface area (Å²) in [4.78, 5) is 0. The van der Waals surface area contributed by atoms with Crippen molar-refractivity contribution in [1.29, 1.82) is 0 Å². The molecule has 0 aromatic carbocycles. The molecular weight excluding hydrogens is 279 g/mol. The Morgan fingerprint density at radius 3 is 1.75 bits per heavy atom. The Morgan fingerprint density at radius 2 is 1.50 bits per heavy atom. The predicted octanol–water partition coefficient (Wildman–Crippen LogP) is 3.70. The van der Waals surface area contributed by atoms with Gasteiger partial charge in [0.1, 0.15) is 0 Å². The fourth-order valence-electron chi connectivity index (χ4n) is 1.52. The molecule has 74 valence electrons. The van der Waals surface area contributed by atoms with Crippen LogP contribution in [0.2, 0.25) is 0 Å². The van der Waals surface area contributed by atoms with Gasteiger partial charge in [0.05, 0.1) is 0 Å². The Balaban J connectivity index is 4.31. The molecule has 12 heavy (non-hydrogen) atoms. The van der Waals surface area contributed by atoms with Crippen LogP contribution in [0, 0.1) is 0 Å². The van der Waals surface area contributed by atoms with Gasteiger partial charge in [-0.15, -0.1) is 0 Å². The molecular formula is C10H23PTe. The maximum atomic E-state index is 2.48. The van der Waals surface area contributed by atoms with E-state index in [0.717, 1.165) is 11.3 Å². The van der Waals surface area contributed by atoms with Gasteiger partial charge in [0.2, 0.25) is 0 Å². The molecule has 0 amide bonds. The summed E-state index contributed by atoms with van der Waals surface area (Å²) in [6.45, 7) is 11.9. The van der Waals surface area contributed by atoms with Crippen molar-refractivity contribution in [3.8, 4) is 0 Å². The van der Waals surface area contributed by atoms with Crippen LogP contribution >= 0.6 is 4.49 Å². The van der Waals surface area contributed by atoms with Crippen molar-refractivity contribution in [3.63, 3.8) is 0 Å². The molecule has 0 rings (SSSR count). The molecule has 0 aliphatic rings. The minimum atomic E-state index is -0.620. The average Bonchev–Trinajstić information content (AvgIpc) is 1.99. The van der Waals surface area contributed by atoms with Gasteiger partial charge in [-0.05, 0) is 0 Å². The van der Waals surface area contributed by atoms with Crippen LogP contribution in [0.15, 0.2) is 0 Å². The van der Waals surface area contributed by atoms with Gasteiger partial charge in [0, 0.05) is 0 Å². The quantitative estimate of drug-likeness (QED) is 0.536. The van der Waals surface area contributed by atoms with E-state index in [1.54, 1.807) is 0 Å². The molecule has 0 saturated heterocycles. The SMILES string of the molecule is CCCCP(=[Te])(C(C)C)C(C)C. The van der Waals surface area contributed by atoms with Crippen LogP contribution in [0.3, 0.4) is 0 Å². The van der Waals surface area contributed by atoms with E-state index in [-0.39, 0.29) is 0 Å². The molecule has 0 unspecified atom stereocenters. The first kappa shape index (κ1) is 13.2. The summed E-state index contributed by atoms with van der Waals surface area (Å²) in [7, 11) is 0. The monoisotopic (exact) mass is 304 g/mol. The van der Waals surface area contributed by atoms with E-state index in [9.17, 15) is 0 Å². The molecule has 0 atom stereocenters. The zero-order chi connectivity index (χ0) is 9.78. The van der Waals surface area contributed by atoms with Crippen LogP contribution in [0.5, 0.6) is 0 Å². The van der Waals surface area contributed by atoms with Crippen LogP contribution in [-0.2, 0) is 0 Å². The predicted molar refractivity (Wildman–Crippen MR) is 62.7 cm³/mol. The van der Waals surface area contributed by atoms with E-state index in [1.807, 2.05) is 0 Å². The second-order valence-electron chi connectivity index (χ2n) is 4.12. The van der Waals surface area contributed by atoms with Gasteiger partial charge < -0.3 is 0 Å². The van der Waals surface area contributed by atoms with Crippen LogP contribution in [0.1, 0.15) is 47.5 Å². The van der Waals surface area contributed by atoms with Gasteiger partial charge in [-0.1, -0.05) is 0 Å². The summed E-state index contributed by atoms with van der Waals surface area (Å²) in [5.41, 5.74) is 1.85. The summed E-state index contributed by atoms with van der Waals surface area (Å²) < 4.78 is -0.620. The molecule has 0 spiro atoms. The molecule has 0 heterocycles. The van der Waals surface area contributed by atoms with Crippen molar-refractivity contribution in [2.24, 2.45) is 0 Å². The number of unbranched alkanes of at least 4 members (excludes halogenated alkanes) is 1. The van der Waals surface area contributed by atoms with E-state index >= 15 is 0 Å². The minimum absolute atomic E-state index is 0.620. The van der Waals surface area contributed by atoms with Crippen molar-refractivity contribution in [2.45, 2.75) is 58.8 Å². The number of hydrogen-bond acceptors (Lipinski definition) is 0. The Morgan fingerprint density at radius 1 is 1.08 bits per heavy atom.